The summed E-state index contributed by atoms with van der Waals surface area (Å²) in [6.45, 7) is 3.61. The van der Waals surface area contributed by atoms with Crippen molar-refractivity contribution in [3.05, 3.63) is 47.3 Å². The van der Waals surface area contributed by atoms with Crippen molar-refractivity contribution in [1.29, 1.82) is 0 Å². The minimum atomic E-state index is -1.30. The molecule has 1 aromatic heterocycles. The Kier molecular flexibility index (Phi) is 3.90. The van der Waals surface area contributed by atoms with Crippen molar-refractivity contribution in [3.63, 3.8) is 0 Å². The first-order chi connectivity index (χ1) is 9.50. The molecule has 1 atom stereocenters. The van der Waals surface area contributed by atoms with Crippen LogP contribution in [-0.2, 0) is 5.60 Å². The van der Waals surface area contributed by atoms with Crippen LogP contribution in [0, 0.1) is 6.92 Å². The molecule has 0 saturated carbocycles. The third-order valence-corrected chi connectivity index (χ3v) is 3.25. The molecule has 2 aromatic rings. The van der Waals surface area contributed by atoms with Crippen LogP contribution in [0.15, 0.2) is 30.5 Å². The molecule has 0 aliphatic rings. The van der Waals surface area contributed by atoms with Gasteiger partial charge in [0, 0.05) is 0 Å². The number of aryl methyl sites for hydroxylation is 1. The summed E-state index contributed by atoms with van der Waals surface area (Å²) in [7, 11) is 2.99. The molecule has 0 spiro atoms. The van der Waals surface area contributed by atoms with Gasteiger partial charge in [0.2, 0.25) is 11.8 Å². The quantitative estimate of drug-likeness (QED) is 0.924. The highest BCUT2D eigenvalue weighted by Crippen LogP contribution is 2.34. The predicted molar refractivity (Wildman–Crippen MR) is 75.0 cm³/mol. The van der Waals surface area contributed by atoms with Crippen molar-refractivity contribution in [1.82, 2.24) is 9.97 Å². The third kappa shape index (κ3) is 2.44. The molecule has 0 aliphatic heterocycles. The Morgan fingerprint density at radius 2 is 1.85 bits per heavy atom. The lowest BCUT2D eigenvalue weighted by atomic mass is 9.89. The maximum Gasteiger partial charge on any atom is 0.242 e. The Morgan fingerprint density at radius 1 is 1.15 bits per heavy atom. The lowest BCUT2D eigenvalue weighted by molar-refractivity contribution is 0.0920. The van der Waals surface area contributed by atoms with E-state index in [9.17, 15) is 5.11 Å². The highest BCUT2D eigenvalue weighted by molar-refractivity contribution is 5.41. The Hall–Kier alpha value is -2.14. The molecule has 106 valence electrons. The van der Waals surface area contributed by atoms with E-state index in [1.165, 1.54) is 20.4 Å². The number of ether oxygens (including phenoxy) is 2. The summed E-state index contributed by atoms with van der Waals surface area (Å²) in [4.78, 5) is 8.41. The molecule has 1 heterocycles. The molecule has 20 heavy (non-hydrogen) atoms. The van der Waals surface area contributed by atoms with Crippen LogP contribution in [0.3, 0.4) is 0 Å². The summed E-state index contributed by atoms with van der Waals surface area (Å²) in [6, 6.07) is 7.60. The van der Waals surface area contributed by atoms with Crippen molar-refractivity contribution >= 4 is 0 Å². The van der Waals surface area contributed by atoms with Crippen LogP contribution in [0.5, 0.6) is 11.8 Å². The van der Waals surface area contributed by atoms with Crippen molar-refractivity contribution in [2.75, 3.05) is 14.2 Å². The Morgan fingerprint density at radius 3 is 2.45 bits per heavy atom. The van der Waals surface area contributed by atoms with Gasteiger partial charge in [0.05, 0.1) is 20.4 Å². The minimum absolute atomic E-state index is 0.248. The molecule has 0 radical (unpaired) electrons. The fourth-order valence-electron chi connectivity index (χ4n) is 2.18. The first-order valence-electron chi connectivity index (χ1n) is 6.24. The van der Waals surface area contributed by atoms with Gasteiger partial charge in [-0.05, 0) is 25.0 Å². The molecule has 0 bridgehead atoms. The number of aliphatic hydroxyl groups is 1. The van der Waals surface area contributed by atoms with E-state index in [-0.39, 0.29) is 5.88 Å². The van der Waals surface area contributed by atoms with Crippen LogP contribution in [0.2, 0.25) is 0 Å². The Labute approximate surface area is 118 Å². The zero-order chi connectivity index (χ0) is 14.8. The number of hydrogen-bond acceptors (Lipinski definition) is 5. The zero-order valence-corrected chi connectivity index (χ0v) is 12.0. The summed E-state index contributed by atoms with van der Waals surface area (Å²) < 4.78 is 10.2. The molecular formula is C15H18N2O3. The van der Waals surface area contributed by atoms with Crippen LogP contribution in [0.4, 0.5) is 0 Å². The first-order valence-corrected chi connectivity index (χ1v) is 6.24. The number of benzene rings is 1. The fourth-order valence-corrected chi connectivity index (χ4v) is 2.18. The monoisotopic (exact) mass is 274 g/mol. The molecule has 2 rings (SSSR count). The lowest BCUT2D eigenvalue weighted by Crippen LogP contribution is -2.26. The molecule has 5 heteroatoms. The summed E-state index contributed by atoms with van der Waals surface area (Å²) in [5, 5.41) is 10.9. The third-order valence-electron chi connectivity index (χ3n) is 3.25. The van der Waals surface area contributed by atoms with E-state index >= 15 is 0 Å². The molecule has 1 N–H and O–H groups in total. The van der Waals surface area contributed by atoms with Crippen LogP contribution >= 0.6 is 0 Å². The smallest absolute Gasteiger partial charge is 0.242 e. The first kappa shape index (κ1) is 14.3. The number of methoxy groups -OCH3 is 2. The molecule has 0 aliphatic carbocycles. The maximum atomic E-state index is 10.9. The van der Waals surface area contributed by atoms with Crippen LogP contribution < -0.4 is 9.47 Å². The molecule has 0 amide bonds. The second kappa shape index (κ2) is 5.46. The van der Waals surface area contributed by atoms with Gasteiger partial charge in [0.15, 0.2) is 0 Å². The second-order valence-electron chi connectivity index (χ2n) is 4.66. The molecule has 0 saturated heterocycles. The highest BCUT2D eigenvalue weighted by atomic mass is 16.5. The van der Waals surface area contributed by atoms with Gasteiger partial charge < -0.3 is 14.6 Å². The maximum absolute atomic E-state index is 10.9. The standard InChI is InChI=1S/C15H18N2O3/c1-10-7-5-6-8-11(10)15(2,18)13-14(20-4)17-12(19-3)9-16-13/h5-9,18H,1-4H3. The van der Waals surface area contributed by atoms with Gasteiger partial charge in [0.1, 0.15) is 11.3 Å². The Balaban J connectivity index is 2.57. The number of nitrogens with zero attached hydrogens (tertiary/aromatic N) is 2. The fraction of sp³-hybridized carbons (Fsp3) is 0.333. The van der Waals surface area contributed by atoms with Crippen molar-refractivity contribution in [2.45, 2.75) is 19.4 Å². The van der Waals surface area contributed by atoms with Crippen molar-refractivity contribution < 1.29 is 14.6 Å². The molecular weight excluding hydrogens is 256 g/mol. The van der Waals surface area contributed by atoms with E-state index in [0.717, 1.165) is 11.1 Å². The lowest BCUT2D eigenvalue weighted by Gasteiger charge is -2.26. The van der Waals surface area contributed by atoms with Gasteiger partial charge in [-0.25, -0.2) is 4.98 Å². The van der Waals surface area contributed by atoms with E-state index in [1.54, 1.807) is 6.92 Å². The summed E-state index contributed by atoms with van der Waals surface area (Å²) >= 11 is 0. The van der Waals surface area contributed by atoms with Crippen molar-refractivity contribution in [2.24, 2.45) is 0 Å². The van der Waals surface area contributed by atoms with Gasteiger partial charge >= 0.3 is 0 Å². The van der Waals surface area contributed by atoms with Crippen LogP contribution in [0.25, 0.3) is 0 Å². The van der Waals surface area contributed by atoms with E-state index in [0.29, 0.717) is 11.6 Å². The number of aromatic nitrogens is 2. The van der Waals surface area contributed by atoms with E-state index in [4.69, 9.17) is 9.47 Å². The number of hydrogen-bond donors (Lipinski definition) is 1. The largest absolute Gasteiger partial charge is 0.480 e. The molecule has 1 aromatic carbocycles. The Bertz CT molecular complexity index is 612. The summed E-state index contributed by atoms with van der Waals surface area (Å²) in [5.74, 6) is 0.587. The van der Waals surface area contributed by atoms with E-state index in [2.05, 4.69) is 9.97 Å². The normalized spacial score (nSPS) is 13.7. The van der Waals surface area contributed by atoms with Gasteiger partial charge in [-0.2, -0.15) is 4.98 Å². The second-order valence-corrected chi connectivity index (χ2v) is 4.66. The average molecular weight is 274 g/mol. The average Bonchev–Trinajstić information content (AvgIpc) is 2.46. The van der Waals surface area contributed by atoms with E-state index in [1.807, 2.05) is 31.2 Å². The summed E-state index contributed by atoms with van der Waals surface area (Å²) in [6.07, 6.45) is 1.46. The van der Waals surface area contributed by atoms with Gasteiger partial charge in [-0.15, -0.1) is 0 Å². The van der Waals surface area contributed by atoms with Crippen molar-refractivity contribution in [3.8, 4) is 11.8 Å². The van der Waals surface area contributed by atoms with Gasteiger partial charge in [0.25, 0.3) is 0 Å². The molecule has 5 nitrogen and oxygen atoms in total. The zero-order valence-electron chi connectivity index (χ0n) is 12.0. The SMILES string of the molecule is COc1cnc(C(C)(O)c2ccccc2C)c(OC)n1. The van der Waals surface area contributed by atoms with Gasteiger partial charge in [-0.1, -0.05) is 24.3 Å². The topological polar surface area (TPSA) is 64.5 Å². The van der Waals surface area contributed by atoms with Crippen LogP contribution in [0.1, 0.15) is 23.7 Å². The molecule has 0 fully saturated rings. The van der Waals surface area contributed by atoms with E-state index < -0.39 is 5.60 Å². The predicted octanol–water partition coefficient (Wildman–Crippen LogP) is 2.06. The van der Waals surface area contributed by atoms with Crippen LogP contribution in [-0.4, -0.2) is 29.3 Å². The molecule has 1 unspecified atom stereocenters. The van der Waals surface area contributed by atoms with Gasteiger partial charge in [-0.3, -0.25) is 0 Å². The highest BCUT2D eigenvalue weighted by Gasteiger charge is 2.33. The number of rotatable bonds is 4. The summed E-state index contributed by atoms with van der Waals surface area (Å²) in [5.41, 5.74) is 0.792. The minimum Gasteiger partial charge on any atom is -0.480 e.